The van der Waals surface area contributed by atoms with Crippen LogP contribution in [0.1, 0.15) is 24.3 Å². The maximum absolute atomic E-state index is 13.1. The summed E-state index contributed by atoms with van der Waals surface area (Å²) < 4.78 is 12.2. The molecule has 0 saturated carbocycles. The summed E-state index contributed by atoms with van der Waals surface area (Å²) >= 11 is 0. The van der Waals surface area contributed by atoms with Gasteiger partial charge >= 0.3 is 0 Å². The predicted molar refractivity (Wildman–Crippen MR) is 135 cm³/mol. The lowest BCUT2D eigenvalue weighted by Gasteiger charge is -2.21. The van der Waals surface area contributed by atoms with Crippen LogP contribution in [0.15, 0.2) is 71.7 Å². The van der Waals surface area contributed by atoms with Gasteiger partial charge in [-0.25, -0.2) is 0 Å². The summed E-state index contributed by atoms with van der Waals surface area (Å²) in [6, 6.07) is 17.1. The van der Waals surface area contributed by atoms with Crippen LogP contribution in [0.5, 0.6) is 5.75 Å². The lowest BCUT2D eigenvalue weighted by Crippen LogP contribution is -2.38. The number of ether oxygens (including phenoxy) is 2. The molecule has 0 spiro atoms. The average Bonchev–Trinajstić information content (AvgIpc) is 2.86. The van der Waals surface area contributed by atoms with Crippen LogP contribution in [0.25, 0.3) is 0 Å². The van der Waals surface area contributed by atoms with E-state index in [1.807, 2.05) is 30.3 Å². The molecule has 3 aromatic rings. The van der Waals surface area contributed by atoms with Crippen molar-refractivity contribution in [3.05, 3.63) is 88.3 Å². The molecule has 1 unspecified atom stereocenters. The number of hydrogen-bond acceptors (Lipinski definition) is 7. The van der Waals surface area contributed by atoms with Crippen molar-refractivity contribution in [1.82, 2.24) is 9.88 Å². The summed E-state index contributed by atoms with van der Waals surface area (Å²) in [6.07, 6.45) is 0.244. The van der Waals surface area contributed by atoms with Crippen molar-refractivity contribution in [2.45, 2.75) is 19.7 Å². The SMILES string of the molecule is CCOC(C(=O)NCc1ccc(C(=N)N)cc1OCC(N)=O)n1cccc(Nc2ccccc2)c1=O. The van der Waals surface area contributed by atoms with E-state index in [-0.39, 0.29) is 37.0 Å². The van der Waals surface area contributed by atoms with Gasteiger partial charge in [0, 0.05) is 36.2 Å². The molecular formula is C25H28N6O5. The Balaban J connectivity index is 1.81. The number of aromatic nitrogens is 1. The van der Waals surface area contributed by atoms with Crippen LogP contribution in [0.2, 0.25) is 0 Å². The molecule has 188 valence electrons. The van der Waals surface area contributed by atoms with Crippen molar-refractivity contribution < 1.29 is 19.1 Å². The fourth-order valence-corrected chi connectivity index (χ4v) is 3.33. The number of pyridine rings is 1. The highest BCUT2D eigenvalue weighted by Crippen LogP contribution is 2.21. The molecule has 3 rings (SSSR count). The van der Waals surface area contributed by atoms with Crippen molar-refractivity contribution in [1.29, 1.82) is 5.41 Å². The number of benzene rings is 2. The molecule has 1 atom stereocenters. The van der Waals surface area contributed by atoms with E-state index in [0.29, 0.717) is 11.1 Å². The maximum atomic E-state index is 13.1. The molecular weight excluding hydrogens is 464 g/mol. The number of carbonyl (C=O) groups excluding carboxylic acids is 2. The van der Waals surface area contributed by atoms with E-state index in [4.69, 9.17) is 26.4 Å². The van der Waals surface area contributed by atoms with Gasteiger partial charge in [0.1, 0.15) is 17.3 Å². The fraction of sp³-hybridized carbons (Fsp3) is 0.200. The molecule has 2 aromatic carbocycles. The lowest BCUT2D eigenvalue weighted by molar-refractivity contribution is -0.139. The molecule has 7 N–H and O–H groups in total. The summed E-state index contributed by atoms with van der Waals surface area (Å²) in [5.41, 5.74) is 12.2. The zero-order chi connectivity index (χ0) is 26.1. The van der Waals surface area contributed by atoms with Crippen molar-refractivity contribution in [3.63, 3.8) is 0 Å². The molecule has 11 heteroatoms. The minimum atomic E-state index is -1.23. The number of nitrogens with zero attached hydrogens (tertiary/aromatic N) is 1. The molecule has 1 aromatic heterocycles. The van der Waals surface area contributed by atoms with Crippen molar-refractivity contribution >= 4 is 29.0 Å². The van der Waals surface area contributed by atoms with E-state index in [1.165, 1.54) is 16.8 Å². The van der Waals surface area contributed by atoms with Crippen LogP contribution in [0.3, 0.4) is 0 Å². The van der Waals surface area contributed by atoms with E-state index in [9.17, 15) is 14.4 Å². The van der Waals surface area contributed by atoms with E-state index in [1.54, 1.807) is 31.2 Å². The first-order valence-corrected chi connectivity index (χ1v) is 11.1. The van der Waals surface area contributed by atoms with E-state index in [2.05, 4.69) is 10.6 Å². The standard InChI is InChI=1S/C25H28N6O5/c1-2-35-25(31-12-6-9-19(24(31)34)30-18-7-4-3-5-8-18)23(33)29-14-17-11-10-16(22(27)28)13-20(17)36-15-21(26)32/h3-13,25,30H,2,14-15H2,1H3,(H2,26,32)(H3,27,28)(H,29,33). The molecule has 36 heavy (non-hydrogen) atoms. The topological polar surface area (TPSA) is 175 Å². The van der Waals surface area contributed by atoms with E-state index in [0.717, 1.165) is 5.69 Å². The Hall–Kier alpha value is -4.64. The molecule has 0 aliphatic heterocycles. The van der Waals surface area contributed by atoms with Crippen LogP contribution in [0.4, 0.5) is 11.4 Å². The van der Waals surface area contributed by atoms with Gasteiger partial charge in [-0.2, -0.15) is 0 Å². The largest absolute Gasteiger partial charge is 0.483 e. The molecule has 0 fully saturated rings. The number of amidine groups is 1. The second-order valence-corrected chi connectivity index (χ2v) is 7.64. The molecule has 0 radical (unpaired) electrons. The number of amides is 2. The second-order valence-electron chi connectivity index (χ2n) is 7.64. The molecule has 1 heterocycles. The van der Waals surface area contributed by atoms with Crippen LogP contribution < -0.4 is 32.4 Å². The molecule has 0 saturated heterocycles. The van der Waals surface area contributed by atoms with Crippen molar-refractivity contribution in [2.75, 3.05) is 18.5 Å². The Kier molecular flexibility index (Phi) is 8.79. The third-order valence-corrected chi connectivity index (χ3v) is 5.03. The third-order valence-electron chi connectivity index (χ3n) is 5.03. The monoisotopic (exact) mass is 492 g/mol. The number of anilines is 2. The van der Waals surface area contributed by atoms with Crippen molar-refractivity contribution in [2.24, 2.45) is 11.5 Å². The summed E-state index contributed by atoms with van der Waals surface area (Å²) in [7, 11) is 0. The normalized spacial score (nSPS) is 11.4. The third kappa shape index (κ3) is 6.70. The quantitative estimate of drug-likeness (QED) is 0.188. The number of nitrogen functional groups attached to an aromatic ring is 1. The minimum Gasteiger partial charge on any atom is -0.483 e. The number of nitrogens with two attached hydrogens (primary N) is 2. The summed E-state index contributed by atoms with van der Waals surface area (Å²) in [5.74, 6) is -1.19. The zero-order valence-electron chi connectivity index (χ0n) is 19.7. The van der Waals surface area contributed by atoms with Gasteiger partial charge in [0.25, 0.3) is 17.4 Å². The molecule has 0 bridgehead atoms. The van der Waals surface area contributed by atoms with Gasteiger partial charge in [0.05, 0.1) is 0 Å². The van der Waals surface area contributed by atoms with Crippen LogP contribution >= 0.6 is 0 Å². The van der Waals surface area contributed by atoms with E-state index < -0.39 is 23.6 Å². The Morgan fingerprint density at radius 2 is 1.83 bits per heavy atom. The van der Waals surface area contributed by atoms with Gasteiger partial charge in [0.15, 0.2) is 6.61 Å². The van der Waals surface area contributed by atoms with Gasteiger partial charge < -0.3 is 31.6 Å². The van der Waals surface area contributed by atoms with Crippen molar-refractivity contribution in [3.8, 4) is 5.75 Å². The summed E-state index contributed by atoms with van der Waals surface area (Å²) in [6.45, 7) is 1.50. The van der Waals surface area contributed by atoms with Gasteiger partial charge in [0.2, 0.25) is 6.23 Å². The smallest absolute Gasteiger partial charge is 0.276 e. The predicted octanol–water partition coefficient (Wildman–Crippen LogP) is 1.59. The number of primary amides is 1. The van der Waals surface area contributed by atoms with Gasteiger partial charge in [-0.3, -0.25) is 24.4 Å². The highest BCUT2D eigenvalue weighted by molar-refractivity contribution is 5.95. The fourth-order valence-electron chi connectivity index (χ4n) is 3.33. The Morgan fingerprint density at radius 3 is 2.50 bits per heavy atom. The Bertz CT molecular complexity index is 1290. The number of para-hydroxylation sites is 1. The van der Waals surface area contributed by atoms with Gasteiger partial charge in [-0.15, -0.1) is 0 Å². The average molecular weight is 493 g/mol. The maximum Gasteiger partial charge on any atom is 0.276 e. The molecule has 11 nitrogen and oxygen atoms in total. The van der Waals surface area contributed by atoms with Gasteiger partial charge in [-0.05, 0) is 37.3 Å². The van der Waals surface area contributed by atoms with E-state index >= 15 is 0 Å². The number of nitrogens with one attached hydrogen (secondary N) is 3. The molecule has 2 amide bonds. The number of hydrogen-bond donors (Lipinski definition) is 5. The number of rotatable bonds is 12. The van der Waals surface area contributed by atoms with Crippen LogP contribution in [-0.2, 0) is 20.9 Å². The number of carbonyl (C=O) groups is 2. The second kappa shape index (κ2) is 12.2. The molecule has 0 aliphatic carbocycles. The van der Waals surface area contributed by atoms with Gasteiger partial charge in [-0.1, -0.05) is 30.3 Å². The highest BCUT2D eigenvalue weighted by Gasteiger charge is 2.23. The first kappa shape index (κ1) is 26.0. The zero-order valence-corrected chi connectivity index (χ0v) is 19.7. The highest BCUT2D eigenvalue weighted by atomic mass is 16.5. The minimum absolute atomic E-state index is 0.00854. The first-order valence-electron chi connectivity index (χ1n) is 11.1. The summed E-state index contributed by atoms with van der Waals surface area (Å²) in [4.78, 5) is 37.4. The summed E-state index contributed by atoms with van der Waals surface area (Å²) in [5, 5.41) is 13.4. The van der Waals surface area contributed by atoms with Crippen LogP contribution in [-0.4, -0.2) is 35.4 Å². The molecule has 0 aliphatic rings. The Morgan fingerprint density at radius 1 is 1.08 bits per heavy atom. The first-order chi connectivity index (χ1) is 17.3. The lowest BCUT2D eigenvalue weighted by atomic mass is 10.1. The van der Waals surface area contributed by atoms with Crippen LogP contribution in [0, 0.1) is 5.41 Å². The Labute approximate surface area is 207 Å².